The molecule has 0 saturated heterocycles. The number of hydrogen-bond donors (Lipinski definition) is 3. The molecule has 2 aromatic rings. The zero-order valence-corrected chi connectivity index (χ0v) is 16.6. The fraction of sp³-hybridized carbons (Fsp3) is 0.211. The van der Waals surface area contributed by atoms with Gasteiger partial charge in [-0.25, -0.2) is 4.39 Å². The summed E-state index contributed by atoms with van der Waals surface area (Å²) >= 11 is 1.06. The van der Waals surface area contributed by atoms with Crippen LogP contribution in [0.5, 0.6) is 11.5 Å². The molecule has 0 aliphatic heterocycles. The number of thioether (sulfide) groups is 1. The summed E-state index contributed by atoms with van der Waals surface area (Å²) in [5.41, 5.74) is 5.29. The Morgan fingerprint density at radius 3 is 2.21 bits per heavy atom. The molecule has 0 fully saturated rings. The highest BCUT2D eigenvalue weighted by Crippen LogP contribution is 2.27. The van der Waals surface area contributed by atoms with E-state index in [0.29, 0.717) is 17.2 Å². The average Bonchev–Trinajstić information content (AvgIpc) is 2.73. The summed E-state index contributed by atoms with van der Waals surface area (Å²) in [6, 6.07) is 9.93. The van der Waals surface area contributed by atoms with Crippen molar-refractivity contribution in [3.8, 4) is 11.5 Å². The number of benzene rings is 2. The van der Waals surface area contributed by atoms with Crippen molar-refractivity contribution in [2.45, 2.75) is 0 Å². The number of halogens is 1. The van der Waals surface area contributed by atoms with Gasteiger partial charge in [0.25, 0.3) is 5.91 Å². The van der Waals surface area contributed by atoms with Crippen LogP contribution in [-0.4, -0.2) is 43.4 Å². The highest BCUT2D eigenvalue weighted by molar-refractivity contribution is 8.00. The Morgan fingerprint density at radius 1 is 0.897 bits per heavy atom. The lowest BCUT2D eigenvalue weighted by atomic mass is 10.2. The van der Waals surface area contributed by atoms with Crippen LogP contribution in [0, 0.1) is 5.82 Å². The van der Waals surface area contributed by atoms with Gasteiger partial charge in [-0.15, -0.1) is 11.8 Å². The van der Waals surface area contributed by atoms with E-state index in [1.54, 1.807) is 6.07 Å². The molecule has 0 spiro atoms. The van der Waals surface area contributed by atoms with Gasteiger partial charge in [-0.1, -0.05) is 0 Å². The van der Waals surface area contributed by atoms with Crippen molar-refractivity contribution in [2.75, 3.05) is 31.0 Å². The standard InChI is InChI=1S/C19H20FN3O5S/c1-27-15-8-3-12(9-16(15)28-2)19(26)23-22-18(25)11-29-10-17(24)21-14-6-4-13(20)5-7-14/h3-9H,10-11H2,1-2H3,(H,21,24)(H,22,25)(H,23,26). The van der Waals surface area contributed by atoms with Gasteiger partial charge in [0.2, 0.25) is 11.8 Å². The Bertz CT molecular complexity index is 877. The zero-order chi connectivity index (χ0) is 21.2. The van der Waals surface area contributed by atoms with Gasteiger partial charge >= 0.3 is 0 Å². The minimum Gasteiger partial charge on any atom is -0.493 e. The van der Waals surface area contributed by atoms with Gasteiger partial charge < -0.3 is 14.8 Å². The van der Waals surface area contributed by atoms with Crippen LogP contribution in [0.3, 0.4) is 0 Å². The summed E-state index contributed by atoms with van der Waals surface area (Å²) in [7, 11) is 2.93. The largest absolute Gasteiger partial charge is 0.493 e. The fourth-order valence-electron chi connectivity index (χ4n) is 2.18. The number of hydrazine groups is 1. The molecule has 0 aliphatic rings. The molecule has 3 amide bonds. The Hall–Kier alpha value is -3.27. The fourth-order valence-corrected chi connectivity index (χ4v) is 2.80. The molecular weight excluding hydrogens is 401 g/mol. The first-order valence-electron chi connectivity index (χ1n) is 8.37. The van der Waals surface area contributed by atoms with Crippen LogP contribution >= 0.6 is 11.8 Å². The van der Waals surface area contributed by atoms with Crippen LogP contribution in [0.4, 0.5) is 10.1 Å². The van der Waals surface area contributed by atoms with Gasteiger partial charge in [-0.3, -0.25) is 25.2 Å². The second kappa shape index (κ2) is 10.9. The van der Waals surface area contributed by atoms with Crippen molar-refractivity contribution in [1.29, 1.82) is 0 Å². The molecule has 0 atom stereocenters. The molecule has 0 aromatic heterocycles. The average molecular weight is 421 g/mol. The zero-order valence-electron chi connectivity index (χ0n) is 15.8. The van der Waals surface area contributed by atoms with E-state index in [-0.39, 0.29) is 23.0 Å². The van der Waals surface area contributed by atoms with Crippen LogP contribution in [0.2, 0.25) is 0 Å². The molecule has 3 N–H and O–H groups in total. The molecule has 0 aliphatic carbocycles. The monoisotopic (exact) mass is 421 g/mol. The number of methoxy groups -OCH3 is 2. The first-order valence-corrected chi connectivity index (χ1v) is 9.52. The minimum absolute atomic E-state index is 0.0222. The topological polar surface area (TPSA) is 106 Å². The second-order valence-electron chi connectivity index (χ2n) is 5.62. The van der Waals surface area contributed by atoms with E-state index in [2.05, 4.69) is 16.2 Å². The van der Waals surface area contributed by atoms with Gasteiger partial charge in [-0.05, 0) is 42.5 Å². The third-order valence-corrected chi connectivity index (χ3v) is 4.49. The Kier molecular flexibility index (Phi) is 8.28. The molecule has 0 heterocycles. The third-order valence-electron chi connectivity index (χ3n) is 3.56. The van der Waals surface area contributed by atoms with Crippen molar-refractivity contribution in [2.24, 2.45) is 0 Å². The predicted octanol–water partition coefficient (Wildman–Crippen LogP) is 1.98. The van der Waals surface area contributed by atoms with Gasteiger partial charge in [-0.2, -0.15) is 0 Å². The number of ether oxygens (including phenoxy) is 2. The Balaban J connectivity index is 1.72. The molecule has 2 aromatic carbocycles. The lowest BCUT2D eigenvalue weighted by molar-refractivity contribution is -0.119. The van der Waals surface area contributed by atoms with Gasteiger partial charge in [0.15, 0.2) is 11.5 Å². The summed E-state index contributed by atoms with van der Waals surface area (Å²) in [6.07, 6.45) is 0. The molecule has 2 rings (SSSR count). The SMILES string of the molecule is COc1ccc(C(=O)NNC(=O)CSCC(=O)Nc2ccc(F)cc2)cc1OC. The van der Waals surface area contributed by atoms with Crippen LogP contribution in [0.15, 0.2) is 42.5 Å². The van der Waals surface area contributed by atoms with Crippen LogP contribution < -0.4 is 25.6 Å². The first-order chi connectivity index (χ1) is 13.9. The molecule has 8 nitrogen and oxygen atoms in total. The lowest BCUT2D eigenvalue weighted by Crippen LogP contribution is -2.42. The summed E-state index contributed by atoms with van der Waals surface area (Å²) in [5, 5.41) is 2.58. The van der Waals surface area contributed by atoms with E-state index in [4.69, 9.17) is 9.47 Å². The van der Waals surface area contributed by atoms with Gasteiger partial charge in [0, 0.05) is 11.3 Å². The van der Waals surface area contributed by atoms with E-state index in [1.807, 2.05) is 0 Å². The van der Waals surface area contributed by atoms with Crippen LogP contribution in [-0.2, 0) is 9.59 Å². The maximum absolute atomic E-state index is 12.8. The number of carbonyl (C=O) groups is 3. The molecule has 10 heteroatoms. The van der Waals surface area contributed by atoms with E-state index in [9.17, 15) is 18.8 Å². The van der Waals surface area contributed by atoms with E-state index in [1.165, 1.54) is 50.6 Å². The van der Waals surface area contributed by atoms with E-state index in [0.717, 1.165) is 11.8 Å². The van der Waals surface area contributed by atoms with Crippen molar-refractivity contribution >= 4 is 35.2 Å². The summed E-state index contributed by atoms with van der Waals surface area (Å²) in [5.74, 6) is -0.889. The van der Waals surface area contributed by atoms with Gasteiger partial charge in [0.1, 0.15) is 5.82 Å². The molecule has 0 radical (unpaired) electrons. The van der Waals surface area contributed by atoms with Crippen LogP contribution in [0.1, 0.15) is 10.4 Å². The van der Waals surface area contributed by atoms with E-state index < -0.39 is 17.6 Å². The summed E-state index contributed by atoms with van der Waals surface area (Å²) in [6.45, 7) is 0. The lowest BCUT2D eigenvalue weighted by Gasteiger charge is -2.10. The maximum Gasteiger partial charge on any atom is 0.269 e. The minimum atomic E-state index is -0.529. The molecule has 0 bridgehead atoms. The third kappa shape index (κ3) is 7.00. The van der Waals surface area contributed by atoms with Crippen molar-refractivity contribution in [1.82, 2.24) is 10.9 Å². The number of hydrogen-bond acceptors (Lipinski definition) is 6. The predicted molar refractivity (Wildman–Crippen MR) is 108 cm³/mol. The van der Waals surface area contributed by atoms with Crippen LogP contribution in [0.25, 0.3) is 0 Å². The highest BCUT2D eigenvalue weighted by atomic mass is 32.2. The number of rotatable bonds is 8. The highest BCUT2D eigenvalue weighted by Gasteiger charge is 2.12. The summed E-state index contributed by atoms with van der Waals surface area (Å²) < 4.78 is 23.0. The maximum atomic E-state index is 12.8. The number of amides is 3. The molecule has 29 heavy (non-hydrogen) atoms. The number of anilines is 1. The van der Waals surface area contributed by atoms with Crippen molar-refractivity contribution < 1.29 is 28.2 Å². The molecule has 0 unspecified atom stereocenters. The summed E-state index contributed by atoms with van der Waals surface area (Å²) in [4.78, 5) is 35.7. The molecule has 154 valence electrons. The van der Waals surface area contributed by atoms with Crippen molar-refractivity contribution in [3.05, 3.63) is 53.8 Å². The second-order valence-corrected chi connectivity index (χ2v) is 6.61. The van der Waals surface area contributed by atoms with E-state index >= 15 is 0 Å². The number of nitrogens with one attached hydrogen (secondary N) is 3. The normalized spacial score (nSPS) is 10.0. The Morgan fingerprint density at radius 2 is 1.55 bits per heavy atom. The van der Waals surface area contributed by atoms with Crippen molar-refractivity contribution in [3.63, 3.8) is 0 Å². The smallest absolute Gasteiger partial charge is 0.269 e. The Labute approximate surface area is 171 Å². The molecule has 0 saturated carbocycles. The molecular formula is C19H20FN3O5S. The van der Waals surface area contributed by atoms with Gasteiger partial charge in [0.05, 0.1) is 25.7 Å². The number of carbonyl (C=O) groups excluding carboxylic acids is 3. The first kappa shape index (κ1) is 22.0. The quantitative estimate of drug-likeness (QED) is 0.563.